The van der Waals surface area contributed by atoms with Gasteiger partial charge in [-0.05, 0) is 0 Å². The molecule has 0 unspecified atom stereocenters. The highest BCUT2D eigenvalue weighted by atomic mass is 32.2. The monoisotopic (exact) mass is 179 g/mol. The number of rotatable bonds is 1. The second-order valence-electron chi connectivity index (χ2n) is 1.90. The van der Waals surface area contributed by atoms with Crippen LogP contribution in [0.25, 0.3) is 0 Å². The Bertz CT molecular complexity index is 125. The molecule has 58 valence electrons. The minimum Gasteiger partial charge on any atom is -0.472 e. The van der Waals surface area contributed by atoms with Gasteiger partial charge in [-0.3, -0.25) is 0 Å². The molecule has 0 saturated carbocycles. The van der Waals surface area contributed by atoms with Crippen molar-refractivity contribution in [1.82, 2.24) is 4.31 Å². The van der Waals surface area contributed by atoms with Crippen LogP contribution in [0.2, 0.25) is 0 Å². The third-order valence-electron chi connectivity index (χ3n) is 1.18. The zero-order valence-electron chi connectivity index (χ0n) is 5.45. The molecule has 0 aromatic carbocycles. The summed E-state index contributed by atoms with van der Waals surface area (Å²) in [6.07, 6.45) is 0. The van der Waals surface area contributed by atoms with Crippen molar-refractivity contribution in [3.63, 3.8) is 0 Å². The lowest BCUT2D eigenvalue weighted by Crippen LogP contribution is -2.27. The summed E-state index contributed by atoms with van der Waals surface area (Å²) in [6, 6.07) is 0. The molecule has 1 saturated heterocycles. The SMILES string of the molecule is O=C(O)SN1CCSCC1. The van der Waals surface area contributed by atoms with E-state index in [0.717, 1.165) is 36.5 Å². The third-order valence-corrected chi connectivity index (χ3v) is 2.90. The van der Waals surface area contributed by atoms with Gasteiger partial charge in [-0.25, -0.2) is 9.10 Å². The van der Waals surface area contributed by atoms with E-state index in [1.807, 2.05) is 16.1 Å². The summed E-state index contributed by atoms with van der Waals surface area (Å²) >= 11 is 2.79. The maximum Gasteiger partial charge on any atom is 0.380 e. The Morgan fingerprint density at radius 2 is 2.10 bits per heavy atom. The number of thioether (sulfide) groups is 1. The minimum atomic E-state index is -0.799. The summed E-state index contributed by atoms with van der Waals surface area (Å²) in [5.74, 6) is 2.11. The van der Waals surface area contributed by atoms with Gasteiger partial charge in [0.1, 0.15) is 0 Å². The van der Waals surface area contributed by atoms with Crippen molar-refractivity contribution in [2.45, 2.75) is 0 Å². The van der Waals surface area contributed by atoms with E-state index in [9.17, 15) is 4.79 Å². The molecule has 0 aromatic rings. The van der Waals surface area contributed by atoms with E-state index >= 15 is 0 Å². The Kier molecular flexibility index (Phi) is 3.37. The van der Waals surface area contributed by atoms with E-state index in [4.69, 9.17) is 5.11 Å². The van der Waals surface area contributed by atoms with Crippen LogP contribution >= 0.6 is 23.7 Å². The molecule has 0 amide bonds. The van der Waals surface area contributed by atoms with Crippen LogP contribution in [0.3, 0.4) is 0 Å². The predicted octanol–water partition coefficient (Wildman–Crippen LogP) is 1.36. The molecule has 3 nitrogen and oxygen atoms in total. The molecule has 1 rings (SSSR count). The number of carboxylic acid groups (broad SMARTS) is 1. The van der Waals surface area contributed by atoms with Crippen molar-refractivity contribution in [1.29, 1.82) is 0 Å². The molecule has 1 N–H and O–H groups in total. The lowest BCUT2D eigenvalue weighted by atomic mass is 10.6. The number of hydrogen-bond acceptors (Lipinski definition) is 4. The van der Waals surface area contributed by atoms with Crippen LogP contribution in [0.15, 0.2) is 0 Å². The third kappa shape index (κ3) is 2.81. The fourth-order valence-electron chi connectivity index (χ4n) is 0.748. The molecule has 1 heterocycles. The molecule has 1 aliphatic heterocycles. The molecule has 5 heteroatoms. The number of hydrogen-bond donors (Lipinski definition) is 1. The lowest BCUT2D eigenvalue weighted by Gasteiger charge is -2.22. The van der Waals surface area contributed by atoms with Crippen LogP contribution in [0.4, 0.5) is 4.79 Å². The first-order chi connectivity index (χ1) is 4.79. The van der Waals surface area contributed by atoms with Crippen LogP contribution in [0.1, 0.15) is 0 Å². The van der Waals surface area contributed by atoms with Gasteiger partial charge in [-0.2, -0.15) is 11.8 Å². The van der Waals surface area contributed by atoms with E-state index in [2.05, 4.69) is 0 Å². The van der Waals surface area contributed by atoms with Crippen LogP contribution in [-0.2, 0) is 0 Å². The highest BCUT2D eigenvalue weighted by Crippen LogP contribution is 2.17. The lowest BCUT2D eigenvalue weighted by molar-refractivity contribution is 0.221. The first-order valence-corrected chi connectivity index (χ1v) is 4.95. The van der Waals surface area contributed by atoms with Crippen molar-refractivity contribution in [3.8, 4) is 0 Å². The Morgan fingerprint density at radius 1 is 1.50 bits per heavy atom. The minimum absolute atomic E-state index is 0.799. The molecule has 10 heavy (non-hydrogen) atoms. The van der Waals surface area contributed by atoms with Crippen molar-refractivity contribution in [3.05, 3.63) is 0 Å². The van der Waals surface area contributed by atoms with Crippen LogP contribution in [-0.4, -0.2) is 39.3 Å². The van der Waals surface area contributed by atoms with Gasteiger partial charge in [-0.15, -0.1) is 0 Å². The van der Waals surface area contributed by atoms with Gasteiger partial charge in [0.15, 0.2) is 0 Å². The van der Waals surface area contributed by atoms with E-state index in [0.29, 0.717) is 0 Å². The van der Waals surface area contributed by atoms with Gasteiger partial charge in [0.2, 0.25) is 0 Å². The second kappa shape index (κ2) is 4.10. The van der Waals surface area contributed by atoms with Gasteiger partial charge >= 0.3 is 5.30 Å². The Balaban J connectivity index is 2.19. The summed E-state index contributed by atoms with van der Waals surface area (Å²) in [6.45, 7) is 1.78. The quantitative estimate of drug-likeness (QED) is 0.615. The van der Waals surface area contributed by atoms with Crippen LogP contribution in [0, 0.1) is 0 Å². The standard InChI is InChI=1S/C5H9NO2S2/c7-5(8)10-6-1-3-9-4-2-6/h1-4H2,(H,7,8). The smallest absolute Gasteiger partial charge is 0.380 e. The largest absolute Gasteiger partial charge is 0.472 e. The van der Waals surface area contributed by atoms with Gasteiger partial charge in [0, 0.05) is 36.5 Å². The average molecular weight is 179 g/mol. The summed E-state index contributed by atoms with van der Waals surface area (Å²) < 4.78 is 1.89. The molecular formula is C5H9NO2S2. The molecule has 0 aliphatic carbocycles. The molecule has 0 atom stereocenters. The highest BCUT2D eigenvalue weighted by Gasteiger charge is 2.13. The summed E-state index contributed by atoms with van der Waals surface area (Å²) in [7, 11) is 0. The van der Waals surface area contributed by atoms with Crippen molar-refractivity contribution < 1.29 is 9.90 Å². The normalized spacial score (nSPS) is 20.8. The number of carbonyl (C=O) groups is 1. The molecule has 0 radical (unpaired) electrons. The van der Waals surface area contributed by atoms with Crippen LogP contribution in [0.5, 0.6) is 0 Å². The zero-order valence-corrected chi connectivity index (χ0v) is 7.08. The van der Waals surface area contributed by atoms with Gasteiger partial charge in [0.05, 0.1) is 0 Å². The summed E-state index contributed by atoms with van der Waals surface area (Å²) in [5, 5.41) is 7.58. The summed E-state index contributed by atoms with van der Waals surface area (Å²) in [4.78, 5) is 10.2. The molecule has 0 aromatic heterocycles. The fourth-order valence-corrected chi connectivity index (χ4v) is 2.47. The topological polar surface area (TPSA) is 40.5 Å². The van der Waals surface area contributed by atoms with Gasteiger partial charge in [-0.1, -0.05) is 0 Å². The van der Waals surface area contributed by atoms with Crippen LogP contribution < -0.4 is 0 Å². The maximum absolute atomic E-state index is 10.2. The first-order valence-electron chi connectivity index (χ1n) is 3.02. The molecule has 0 spiro atoms. The molecule has 1 fully saturated rings. The Hall–Kier alpha value is 0.130. The summed E-state index contributed by atoms with van der Waals surface area (Å²) in [5.41, 5.74) is 0. The van der Waals surface area contributed by atoms with E-state index in [1.54, 1.807) is 0 Å². The Morgan fingerprint density at radius 3 is 2.60 bits per heavy atom. The first kappa shape index (κ1) is 8.23. The van der Waals surface area contributed by atoms with Crippen molar-refractivity contribution in [2.24, 2.45) is 0 Å². The van der Waals surface area contributed by atoms with E-state index in [1.165, 1.54) is 0 Å². The van der Waals surface area contributed by atoms with Gasteiger partial charge < -0.3 is 5.11 Å². The number of nitrogens with zero attached hydrogens (tertiary/aromatic N) is 1. The average Bonchev–Trinajstić information content (AvgIpc) is 1.88. The highest BCUT2D eigenvalue weighted by molar-refractivity contribution is 8.11. The van der Waals surface area contributed by atoms with E-state index < -0.39 is 5.30 Å². The zero-order chi connectivity index (χ0) is 7.40. The van der Waals surface area contributed by atoms with Crippen molar-refractivity contribution >= 4 is 29.0 Å². The molecule has 1 aliphatic rings. The molecular weight excluding hydrogens is 170 g/mol. The maximum atomic E-state index is 10.2. The van der Waals surface area contributed by atoms with Gasteiger partial charge in [0.25, 0.3) is 0 Å². The van der Waals surface area contributed by atoms with E-state index in [-0.39, 0.29) is 0 Å². The molecule has 0 bridgehead atoms. The second-order valence-corrected chi connectivity index (χ2v) is 4.17. The van der Waals surface area contributed by atoms with Crippen molar-refractivity contribution in [2.75, 3.05) is 24.6 Å². The fraction of sp³-hybridized carbons (Fsp3) is 0.800. The predicted molar refractivity (Wildman–Crippen MR) is 44.5 cm³/mol. The Labute approximate surface area is 68.3 Å².